The number of rotatable bonds is 5. The van der Waals surface area contributed by atoms with E-state index >= 15 is 0 Å². The van der Waals surface area contributed by atoms with Crippen LogP contribution in [0.25, 0.3) is 0 Å². The fourth-order valence-electron chi connectivity index (χ4n) is 3.57. The molecule has 2 aliphatic rings. The quantitative estimate of drug-likeness (QED) is 0.583. The molecule has 0 saturated carbocycles. The van der Waals surface area contributed by atoms with E-state index in [0.29, 0.717) is 24.2 Å². The molecular weight excluding hydrogens is 398 g/mol. The van der Waals surface area contributed by atoms with Gasteiger partial charge in [0.1, 0.15) is 6.61 Å². The van der Waals surface area contributed by atoms with Crippen LogP contribution < -0.4 is 5.32 Å². The number of methoxy groups -OCH3 is 1. The molecule has 26 heavy (non-hydrogen) atoms. The summed E-state index contributed by atoms with van der Waals surface area (Å²) < 4.78 is 11.2. The number of carbonyl (C=O) groups excluding carboxylic acids is 2. The number of halogens is 1. The van der Waals surface area contributed by atoms with Crippen LogP contribution in [-0.2, 0) is 19.1 Å². The molecule has 0 aromatic heterocycles. The molecule has 1 atom stereocenters. The molecule has 0 fully saturated rings. The van der Waals surface area contributed by atoms with E-state index in [1.807, 2.05) is 31.2 Å². The molecule has 1 aromatic carbocycles. The third-order valence-corrected chi connectivity index (χ3v) is 5.45. The number of ether oxygens (including phenoxy) is 2. The third kappa shape index (κ3) is 3.62. The number of ketones is 1. The van der Waals surface area contributed by atoms with Gasteiger partial charge in [0.05, 0.1) is 12.2 Å². The van der Waals surface area contributed by atoms with E-state index in [1.54, 1.807) is 7.11 Å². The van der Waals surface area contributed by atoms with Gasteiger partial charge in [0.25, 0.3) is 0 Å². The summed E-state index contributed by atoms with van der Waals surface area (Å²) in [6.07, 6.45) is 2.14. The van der Waals surface area contributed by atoms with Gasteiger partial charge in [-0.15, -0.1) is 0 Å². The Morgan fingerprint density at radius 2 is 2.04 bits per heavy atom. The van der Waals surface area contributed by atoms with E-state index in [1.165, 1.54) is 0 Å². The van der Waals surface area contributed by atoms with Gasteiger partial charge in [-0.2, -0.15) is 0 Å². The normalized spacial score (nSPS) is 20.0. The maximum atomic E-state index is 12.8. The van der Waals surface area contributed by atoms with Gasteiger partial charge in [-0.1, -0.05) is 34.1 Å². The minimum atomic E-state index is -0.426. The lowest BCUT2D eigenvalue weighted by atomic mass is 9.75. The Morgan fingerprint density at radius 1 is 1.27 bits per heavy atom. The summed E-state index contributed by atoms with van der Waals surface area (Å²) in [4.78, 5) is 25.6. The zero-order chi connectivity index (χ0) is 18.7. The fourth-order valence-corrected chi connectivity index (χ4v) is 4.08. The Hall–Kier alpha value is -1.92. The number of carbonyl (C=O) groups is 2. The molecule has 0 spiro atoms. The number of nitrogens with one attached hydrogen (secondary N) is 1. The van der Waals surface area contributed by atoms with E-state index in [4.69, 9.17) is 9.47 Å². The summed E-state index contributed by atoms with van der Waals surface area (Å²) in [6.45, 7) is 2.37. The molecule has 0 radical (unpaired) electrons. The van der Waals surface area contributed by atoms with Crippen molar-refractivity contribution in [3.63, 3.8) is 0 Å². The van der Waals surface area contributed by atoms with Gasteiger partial charge in [-0.3, -0.25) is 4.79 Å². The molecule has 0 amide bonds. The molecule has 138 valence electrons. The fraction of sp³-hybridized carbons (Fsp3) is 0.400. The molecule has 3 rings (SSSR count). The first-order valence-corrected chi connectivity index (χ1v) is 9.48. The summed E-state index contributed by atoms with van der Waals surface area (Å²) >= 11 is 3.58. The van der Waals surface area contributed by atoms with Crippen LogP contribution in [0.3, 0.4) is 0 Å². The molecule has 1 aromatic rings. The number of benzene rings is 1. The van der Waals surface area contributed by atoms with E-state index in [2.05, 4.69) is 21.2 Å². The van der Waals surface area contributed by atoms with Crippen molar-refractivity contribution >= 4 is 27.7 Å². The van der Waals surface area contributed by atoms with Crippen molar-refractivity contribution in [2.75, 3.05) is 20.3 Å². The van der Waals surface area contributed by atoms with E-state index < -0.39 is 11.9 Å². The number of esters is 1. The number of Topliss-reactive ketones (excluding diaryl/α,β-unsaturated/α-hetero) is 1. The van der Waals surface area contributed by atoms with Crippen LogP contribution in [0, 0.1) is 0 Å². The van der Waals surface area contributed by atoms with Crippen LogP contribution in [0.15, 0.2) is 51.3 Å². The van der Waals surface area contributed by atoms with Crippen LogP contribution in [0.4, 0.5) is 0 Å². The van der Waals surface area contributed by atoms with Gasteiger partial charge < -0.3 is 14.8 Å². The lowest BCUT2D eigenvalue weighted by Gasteiger charge is -2.34. The second-order valence-electron chi connectivity index (χ2n) is 6.42. The number of hydrogen-bond acceptors (Lipinski definition) is 5. The van der Waals surface area contributed by atoms with Crippen molar-refractivity contribution < 1.29 is 19.1 Å². The summed E-state index contributed by atoms with van der Waals surface area (Å²) in [5.74, 6) is -0.753. The summed E-state index contributed by atoms with van der Waals surface area (Å²) in [5.41, 5.74) is 3.74. The summed E-state index contributed by atoms with van der Waals surface area (Å²) in [5, 5.41) is 3.28. The number of hydrogen-bond donors (Lipinski definition) is 1. The second-order valence-corrected chi connectivity index (χ2v) is 7.27. The van der Waals surface area contributed by atoms with Crippen molar-refractivity contribution in [1.29, 1.82) is 0 Å². The molecule has 0 bridgehead atoms. The predicted octanol–water partition coefficient (Wildman–Crippen LogP) is 3.61. The predicted molar refractivity (Wildman–Crippen MR) is 101 cm³/mol. The van der Waals surface area contributed by atoms with Crippen LogP contribution in [-0.4, -0.2) is 32.1 Å². The summed E-state index contributed by atoms with van der Waals surface area (Å²) in [7, 11) is 1.56. The molecule has 6 heteroatoms. The monoisotopic (exact) mass is 419 g/mol. The van der Waals surface area contributed by atoms with Crippen molar-refractivity contribution in [3.8, 4) is 0 Å². The Bertz CT molecular complexity index is 797. The van der Waals surface area contributed by atoms with Gasteiger partial charge >= 0.3 is 5.97 Å². The van der Waals surface area contributed by atoms with Crippen LogP contribution in [0.2, 0.25) is 0 Å². The Balaban J connectivity index is 2.07. The molecule has 5 nitrogen and oxygen atoms in total. The molecular formula is C20H22BrNO4. The number of dihydropyridines is 1. The molecule has 1 heterocycles. The van der Waals surface area contributed by atoms with Crippen LogP contribution in [0.5, 0.6) is 0 Å². The van der Waals surface area contributed by atoms with Crippen molar-refractivity contribution in [1.82, 2.24) is 5.32 Å². The summed E-state index contributed by atoms with van der Waals surface area (Å²) in [6, 6.07) is 7.70. The van der Waals surface area contributed by atoms with Crippen molar-refractivity contribution in [2.45, 2.75) is 32.1 Å². The lowest BCUT2D eigenvalue weighted by Crippen LogP contribution is -2.34. The Kier molecular flexibility index (Phi) is 5.94. The zero-order valence-corrected chi connectivity index (χ0v) is 16.5. The molecule has 1 N–H and O–H groups in total. The van der Waals surface area contributed by atoms with Gasteiger partial charge in [0.15, 0.2) is 5.78 Å². The highest BCUT2D eigenvalue weighted by Crippen LogP contribution is 2.44. The molecule has 1 aliphatic heterocycles. The Labute approximate surface area is 161 Å². The van der Waals surface area contributed by atoms with Gasteiger partial charge in [-0.05, 0) is 31.4 Å². The third-order valence-electron chi connectivity index (χ3n) is 4.73. The van der Waals surface area contributed by atoms with Gasteiger partial charge in [0, 0.05) is 40.9 Å². The standard InChI is InChI=1S/C20H22BrNO4/c1-12-17(20(24)26-11-10-25-2)18(13-6-3-4-7-14(13)21)19-15(22-12)8-5-9-16(19)23/h3-4,6-7,18,22H,5,8-11H2,1-2H3. The average molecular weight is 420 g/mol. The van der Waals surface area contributed by atoms with E-state index in [9.17, 15) is 9.59 Å². The highest BCUT2D eigenvalue weighted by molar-refractivity contribution is 9.10. The maximum Gasteiger partial charge on any atom is 0.336 e. The van der Waals surface area contributed by atoms with Gasteiger partial charge in [0.2, 0.25) is 0 Å². The van der Waals surface area contributed by atoms with Gasteiger partial charge in [-0.25, -0.2) is 4.79 Å². The molecule has 0 saturated heterocycles. The Morgan fingerprint density at radius 3 is 2.77 bits per heavy atom. The van der Waals surface area contributed by atoms with Crippen LogP contribution >= 0.6 is 15.9 Å². The largest absolute Gasteiger partial charge is 0.460 e. The first kappa shape index (κ1) is 18.9. The minimum Gasteiger partial charge on any atom is -0.460 e. The maximum absolute atomic E-state index is 12.8. The molecule has 1 unspecified atom stereocenters. The van der Waals surface area contributed by atoms with Crippen molar-refractivity contribution in [2.24, 2.45) is 0 Å². The average Bonchev–Trinajstić information content (AvgIpc) is 2.61. The smallest absolute Gasteiger partial charge is 0.336 e. The highest BCUT2D eigenvalue weighted by atomic mass is 79.9. The topological polar surface area (TPSA) is 64.6 Å². The van der Waals surface area contributed by atoms with Crippen LogP contribution in [0.1, 0.15) is 37.7 Å². The zero-order valence-electron chi connectivity index (χ0n) is 14.9. The minimum absolute atomic E-state index is 0.0918. The lowest BCUT2D eigenvalue weighted by molar-refractivity contribution is -0.140. The highest BCUT2D eigenvalue weighted by Gasteiger charge is 2.39. The van der Waals surface area contributed by atoms with Crippen molar-refractivity contribution in [3.05, 3.63) is 56.8 Å². The first-order valence-electron chi connectivity index (χ1n) is 8.69. The second kappa shape index (κ2) is 8.18. The van der Waals surface area contributed by atoms with E-state index in [0.717, 1.165) is 34.3 Å². The number of allylic oxidation sites excluding steroid dienone is 3. The molecule has 1 aliphatic carbocycles. The SMILES string of the molecule is COCCOC(=O)C1=C(C)NC2=C(C(=O)CCC2)C1c1ccccc1Br. The first-order chi connectivity index (χ1) is 12.5. The van der Waals surface area contributed by atoms with E-state index in [-0.39, 0.29) is 12.4 Å².